The van der Waals surface area contributed by atoms with Crippen molar-refractivity contribution in [1.82, 2.24) is 0 Å². The van der Waals surface area contributed by atoms with Gasteiger partial charge in [-0.1, -0.05) is 33.9 Å². The van der Waals surface area contributed by atoms with Gasteiger partial charge in [-0.25, -0.2) is 0 Å². The summed E-state index contributed by atoms with van der Waals surface area (Å²) in [6.07, 6.45) is 0. The summed E-state index contributed by atoms with van der Waals surface area (Å²) in [6.45, 7) is 0. The Morgan fingerprint density at radius 1 is 1.33 bits per heavy atom. The summed E-state index contributed by atoms with van der Waals surface area (Å²) < 4.78 is 0.592. The van der Waals surface area contributed by atoms with Gasteiger partial charge in [0.15, 0.2) is 0 Å². The van der Waals surface area contributed by atoms with Crippen molar-refractivity contribution in [3.05, 3.63) is 35.9 Å². The van der Waals surface area contributed by atoms with Gasteiger partial charge in [0.25, 0.3) is 0 Å². The third-order valence-electron chi connectivity index (χ3n) is 1.20. The van der Waals surface area contributed by atoms with Crippen molar-refractivity contribution in [3.8, 4) is 0 Å². The monoisotopic (exact) mass is 222 g/mol. The van der Waals surface area contributed by atoms with E-state index in [1.165, 1.54) is 17.3 Å². The van der Waals surface area contributed by atoms with Crippen LogP contribution in [0.25, 0.3) is 0 Å². The molecule has 1 aromatic rings. The standard InChI is InChI=1S/C8H8S3.Na/c9-8(10)11-6-7-4-2-1-3-5-7;/h1-5H,6H2,(H,9,10);/q;+1/p-1. The van der Waals surface area contributed by atoms with Gasteiger partial charge >= 0.3 is 29.6 Å². The molecular formula is C8H7NaS3. The van der Waals surface area contributed by atoms with E-state index in [0.29, 0.717) is 3.53 Å². The fraction of sp³-hybridized carbons (Fsp3) is 0.125. The molecule has 0 saturated heterocycles. The van der Waals surface area contributed by atoms with E-state index in [1.54, 1.807) is 0 Å². The van der Waals surface area contributed by atoms with E-state index in [-0.39, 0.29) is 29.6 Å². The van der Waals surface area contributed by atoms with Gasteiger partial charge in [0.05, 0.1) is 0 Å². The molecule has 0 unspecified atom stereocenters. The summed E-state index contributed by atoms with van der Waals surface area (Å²) in [7, 11) is 0. The fourth-order valence-electron chi connectivity index (χ4n) is 0.716. The Balaban J connectivity index is 0.00000121. The molecule has 0 aliphatic rings. The molecule has 0 aliphatic carbocycles. The summed E-state index contributed by atoms with van der Waals surface area (Å²) in [5.74, 6) is 0.892. The first-order chi connectivity index (χ1) is 5.29. The van der Waals surface area contributed by atoms with Crippen molar-refractivity contribution in [2.45, 2.75) is 5.75 Å². The fourth-order valence-corrected chi connectivity index (χ4v) is 1.55. The minimum absolute atomic E-state index is 0. The predicted octanol–water partition coefficient (Wildman–Crippen LogP) is -0.244. The van der Waals surface area contributed by atoms with Gasteiger partial charge in [0.2, 0.25) is 0 Å². The van der Waals surface area contributed by atoms with Crippen LogP contribution >= 0.6 is 24.0 Å². The molecule has 0 atom stereocenters. The Morgan fingerprint density at radius 2 is 1.92 bits per heavy atom. The van der Waals surface area contributed by atoms with Gasteiger partial charge in [-0.3, -0.25) is 0 Å². The summed E-state index contributed by atoms with van der Waals surface area (Å²) in [5, 5.41) is 0. The van der Waals surface area contributed by atoms with Crippen LogP contribution in [0.1, 0.15) is 5.56 Å². The molecule has 12 heavy (non-hydrogen) atoms. The number of thioether (sulfide) groups is 1. The largest absolute Gasteiger partial charge is 1.00 e. The zero-order valence-corrected chi connectivity index (χ0v) is 11.3. The molecule has 0 aromatic heterocycles. The van der Waals surface area contributed by atoms with Crippen molar-refractivity contribution >= 4 is 40.1 Å². The number of thiocarbonyl (C=S) groups is 1. The quantitative estimate of drug-likeness (QED) is 0.385. The van der Waals surface area contributed by atoms with Crippen LogP contribution in [0.15, 0.2) is 30.3 Å². The van der Waals surface area contributed by atoms with Crippen molar-refractivity contribution in [2.24, 2.45) is 0 Å². The molecule has 0 nitrogen and oxygen atoms in total. The smallest absolute Gasteiger partial charge is 0.422 e. The summed E-state index contributed by atoms with van der Waals surface area (Å²) in [4.78, 5) is 0. The molecule has 0 radical (unpaired) electrons. The molecule has 0 N–H and O–H groups in total. The molecule has 1 rings (SSSR count). The third-order valence-corrected chi connectivity index (χ3v) is 2.62. The first-order valence-corrected chi connectivity index (χ1v) is 4.97. The molecule has 0 spiro atoms. The van der Waals surface area contributed by atoms with Crippen LogP contribution in [-0.2, 0) is 18.4 Å². The van der Waals surface area contributed by atoms with E-state index < -0.39 is 0 Å². The minimum atomic E-state index is 0. The maximum absolute atomic E-state index is 4.77. The molecule has 0 saturated carbocycles. The molecule has 0 fully saturated rings. The molecular weight excluding hydrogens is 215 g/mol. The summed E-state index contributed by atoms with van der Waals surface area (Å²) in [6, 6.07) is 10.2. The number of benzene rings is 1. The Kier molecular flexibility index (Phi) is 7.83. The molecule has 1 aromatic carbocycles. The minimum Gasteiger partial charge on any atom is -0.422 e. The third kappa shape index (κ3) is 5.51. The van der Waals surface area contributed by atoms with E-state index in [1.807, 2.05) is 18.2 Å². The Bertz CT molecular complexity index is 235. The average molecular weight is 222 g/mol. The van der Waals surface area contributed by atoms with Gasteiger partial charge < -0.3 is 24.8 Å². The van der Waals surface area contributed by atoms with E-state index in [2.05, 4.69) is 12.1 Å². The van der Waals surface area contributed by atoms with E-state index in [0.717, 1.165) is 5.75 Å². The number of rotatable bonds is 2. The van der Waals surface area contributed by atoms with Crippen LogP contribution in [0.5, 0.6) is 0 Å². The number of hydrogen-bond donors (Lipinski definition) is 0. The normalized spacial score (nSPS) is 8.67. The average Bonchev–Trinajstić information content (AvgIpc) is 2.03. The van der Waals surface area contributed by atoms with Gasteiger partial charge in [-0.15, -0.1) is 11.8 Å². The van der Waals surface area contributed by atoms with Crippen LogP contribution in [-0.4, -0.2) is 3.53 Å². The van der Waals surface area contributed by atoms with Crippen LogP contribution in [0.2, 0.25) is 0 Å². The zero-order valence-electron chi connectivity index (χ0n) is 6.82. The van der Waals surface area contributed by atoms with Crippen molar-refractivity contribution in [1.29, 1.82) is 0 Å². The van der Waals surface area contributed by atoms with E-state index >= 15 is 0 Å². The van der Waals surface area contributed by atoms with E-state index in [4.69, 9.17) is 24.8 Å². The van der Waals surface area contributed by atoms with Gasteiger partial charge in [-0.2, -0.15) is 0 Å². The predicted molar refractivity (Wildman–Crippen MR) is 57.7 cm³/mol. The SMILES string of the molecule is S=C([S-])SCc1ccccc1.[Na+]. The van der Waals surface area contributed by atoms with Gasteiger partial charge in [0, 0.05) is 5.75 Å². The maximum Gasteiger partial charge on any atom is 1.00 e. The topological polar surface area (TPSA) is 0 Å². The van der Waals surface area contributed by atoms with Gasteiger partial charge in [0.1, 0.15) is 0 Å². The van der Waals surface area contributed by atoms with Gasteiger partial charge in [-0.05, 0) is 5.56 Å². The molecule has 4 heteroatoms. The second-order valence-electron chi connectivity index (χ2n) is 2.02. The molecule has 0 aliphatic heterocycles. The second-order valence-corrected chi connectivity index (χ2v) is 4.60. The Labute approximate surface area is 110 Å². The Hall–Kier alpha value is 0.880. The van der Waals surface area contributed by atoms with Crippen molar-refractivity contribution in [3.63, 3.8) is 0 Å². The van der Waals surface area contributed by atoms with Crippen molar-refractivity contribution in [2.75, 3.05) is 0 Å². The first-order valence-electron chi connectivity index (χ1n) is 3.17. The molecule has 0 amide bonds. The maximum atomic E-state index is 4.77. The van der Waals surface area contributed by atoms with Crippen LogP contribution in [0, 0.1) is 0 Å². The van der Waals surface area contributed by atoms with Crippen LogP contribution in [0.3, 0.4) is 0 Å². The van der Waals surface area contributed by atoms with Crippen molar-refractivity contribution < 1.29 is 29.6 Å². The van der Waals surface area contributed by atoms with Crippen LogP contribution < -0.4 is 29.6 Å². The molecule has 58 valence electrons. The zero-order chi connectivity index (χ0) is 8.10. The molecule has 0 bridgehead atoms. The summed E-state index contributed by atoms with van der Waals surface area (Å²) >= 11 is 11.1. The first kappa shape index (κ1) is 12.9. The number of hydrogen-bond acceptors (Lipinski definition) is 3. The Morgan fingerprint density at radius 3 is 2.42 bits per heavy atom. The van der Waals surface area contributed by atoms with E-state index in [9.17, 15) is 0 Å². The van der Waals surface area contributed by atoms with Crippen LogP contribution in [0.4, 0.5) is 0 Å². The summed E-state index contributed by atoms with van der Waals surface area (Å²) in [5.41, 5.74) is 1.27. The molecule has 0 heterocycles. The second kappa shape index (κ2) is 7.30.